The van der Waals surface area contributed by atoms with Gasteiger partial charge < -0.3 is 15.7 Å². The van der Waals surface area contributed by atoms with Gasteiger partial charge in [0, 0.05) is 24.2 Å². The molecular weight excluding hydrogens is 294 g/mol. The van der Waals surface area contributed by atoms with Gasteiger partial charge in [-0.3, -0.25) is 4.68 Å². The van der Waals surface area contributed by atoms with Crippen LogP contribution in [0.4, 0.5) is 4.79 Å². The van der Waals surface area contributed by atoms with Crippen LogP contribution in [0, 0.1) is 0 Å². The highest BCUT2D eigenvalue weighted by atomic mass is 35.5. The Kier molecular flexibility index (Phi) is 5.13. The highest BCUT2D eigenvalue weighted by Gasteiger charge is 2.12. The number of nitrogens with one attached hydrogen (secondary N) is 2. The third-order valence-electron chi connectivity index (χ3n) is 2.77. The number of urea groups is 1. The Morgan fingerprint density at radius 2 is 2.19 bits per heavy atom. The van der Waals surface area contributed by atoms with Crippen molar-refractivity contribution in [2.45, 2.75) is 12.6 Å². The molecule has 2 amide bonds. The minimum Gasteiger partial charge on any atom is -0.387 e. The molecule has 2 aromatic rings. The maximum absolute atomic E-state index is 11.6. The number of aromatic nitrogens is 3. The topological polar surface area (TPSA) is 92.1 Å². The molecule has 1 atom stereocenters. The third-order valence-corrected chi connectivity index (χ3v) is 3.12. The maximum Gasteiger partial charge on any atom is 0.315 e. The van der Waals surface area contributed by atoms with E-state index in [2.05, 4.69) is 20.7 Å². The van der Waals surface area contributed by atoms with Gasteiger partial charge in [0.25, 0.3) is 0 Å². The number of benzene rings is 1. The van der Waals surface area contributed by atoms with E-state index in [4.69, 9.17) is 11.6 Å². The van der Waals surface area contributed by atoms with Crippen LogP contribution in [-0.2, 0) is 13.6 Å². The van der Waals surface area contributed by atoms with Crippen LogP contribution in [0.15, 0.2) is 30.6 Å². The number of halogens is 1. The first-order chi connectivity index (χ1) is 10.1. The zero-order valence-corrected chi connectivity index (χ0v) is 12.2. The molecule has 3 N–H and O–H groups in total. The lowest BCUT2D eigenvalue weighted by Gasteiger charge is -2.13. The van der Waals surface area contributed by atoms with Gasteiger partial charge in [0.1, 0.15) is 6.33 Å². The molecule has 0 radical (unpaired) electrons. The van der Waals surface area contributed by atoms with Crippen molar-refractivity contribution in [3.8, 4) is 0 Å². The summed E-state index contributed by atoms with van der Waals surface area (Å²) in [5.41, 5.74) is 0.575. The summed E-state index contributed by atoms with van der Waals surface area (Å²) in [6.45, 7) is 0.278. The number of rotatable bonds is 5. The van der Waals surface area contributed by atoms with E-state index >= 15 is 0 Å². The van der Waals surface area contributed by atoms with Crippen molar-refractivity contribution in [3.05, 3.63) is 47.0 Å². The van der Waals surface area contributed by atoms with Crippen LogP contribution >= 0.6 is 11.6 Å². The van der Waals surface area contributed by atoms with Gasteiger partial charge in [-0.2, -0.15) is 5.10 Å². The molecule has 0 aliphatic rings. The molecule has 1 aromatic carbocycles. The van der Waals surface area contributed by atoms with E-state index in [0.717, 1.165) is 0 Å². The van der Waals surface area contributed by atoms with Gasteiger partial charge in [-0.25, -0.2) is 9.78 Å². The molecule has 0 aliphatic heterocycles. The highest BCUT2D eigenvalue weighted by Crippen LogP contribution is 2.21. The Morgan fingerprint density at radius 3 is 2.86 bits per heavy atom. The summed E-state index contributed by atoms with van der Waals surface area (Å²) in [5.74, 6) is 0.513. The smallest absolute Gasteiger partial charge is 0.315 e. The fraction of sp³-hybridized carbons (Fsp3) is 0.308. The molecule has 8 heteroatoms. The SMILES string of the molecule is Cn1cnc(CNC(=O)NCC(O)c2ccccc2Cl)n1. The number of aryl methyl sites for hydroxylation is 1. The Labute approximate surface area is 126 Å². The van der Waals surface area contributed by atoms with Gasteiger partial charge in [-0.1, -0.05) is 29.8 Å². The van der Waals surface area contributed by atoms with Crippen LogP contribution in [-0.4, -0.2) is 32.4 Å². The van der Waals surface area contributed by atoms with Crippen LogP contribution in [0.1, 0.15) is 17.5 Å². The average molecular weight is 310 g/mol. The molecule has 0 aliphatic carbocycles. The Hall–Kier alpha value is -2.12. The summed E-state index contributed by atoms with van der Waals surface area (Å²) in [4.78, 5) is 15.6. The third kappa shape index (κ3) is 4.44. The zero-order valence-electron chi connectivity index (χ0n) is 11.5. The van der Waals surface area contributed by atoms with E-state index in [1.54, 1.807) is 42.3 Å². The van der Waals surface area contributed by atoms with Crippen molar-refractivity contribution in [1.82, 2.24) is 25.4 Å². The molecular formula is C13H16ClN5O2. The van der Waals surface area contributed by atoms with Crippen molar-refractivity contribution in [1.29, 1.82) is 0 Å². The van der Waals surface area contributed by atoms with Gasteiger partial charge in [0.2, 0.25) is 0 Å². The van der Waals surface area contributed by atoms with Crippen molar-refractivity contribution in [2.75, 3.05) is 6.54 Å². The van der Waals surface area contributed by atoms with Crippen LogP contribution in [0.2, 0.25) is 5.02 Å². The average Bonchev–Trinajstić information content (AvgIpc) is 2.89. The van der Waals surface area contributed by atoms with Crippen molar-refractivity contribution in [2.24, 2.45) is 7.05 Å². The number of carbonyl (C=O) groups is 1. The summed E-state index contributed by atoms with van der Waals surface area (Å²) < 4.78 is 1.55. The summed E-state index contributed by atoms with van der Waals surface area (Å²) in [7, 11) is 1.75. The van der Waals surface area contributed by atoms with Crippen LogP contribution in [0.5, 0.6) is 0 Å². The van der Waals surface area contributed by atoms with Gasteiger partial charge >= 0.3 is 6.03 Å². The largest absolute Gasteiger partial charge is 0.387 e. The normalized spacial score (nSPS) is 12.0. The van der Waals surface area contributed by atoms with Gasteiger partial charge in [0.15, 0.2) is 5.82 Å². The van der Waals surface area contributed by atoms with Crippen molar-refractivity contribution in [3.63, 3.8) is 0 Å². The molecule has 21 heavy (non-hydrogen) atoms. The Bertz CT molecular complexity index is 616. The maximum atomic E-state index is 11.6. The van der Waals surface area contributed by atoms with E-state index in [1.807, 2.05) is 0 Å². The van der Waals surface area contributed by atoms with Crippen molar-refractivity contribution < 1.29 is 9.90 Å². The lowest BCUT2D eigenvalue weighted by molar-refractivity contribution is 0.173. The standard InChI is InChI=1S/C13H16ClN5O2/c1-19-8-17-12(18-19)7-16-13(21)15-6-11(20)9-4-2-3-5-10(9)14/h2-5,8,11,20H,6-7H2,1H3,(H2,15,16,21). The molecule has 1 unspecified atom stereocenters. The number of hydrogen-bond acceptors (Lipinski definition) is 4. The second kappa shape index (κ2) is 7.05. The number of amides is 2. The molecule has 0 fully saturated rings. The molecule has 1 aromatic heterocycles. The van der Waals surface area contributed by atoms with E-state index in [-0.39, 0.29) is 13.1 Å². The predicted octanol–water partition coefficient (Wildman–Crippen LogP) is 1.00. The number of aliphatic hydroxyl groups is 1. The van der Waals surface area contributed by atoms with Gasteiger partial charge in [0.05, 0.1) is 12.6 Å². The second-order valence-corrected chi connectivity index (χ2v) is 4.84. The molecule has 2 rings (SSSR count). The first-order valence-electron chi connectivity index (χ1n) is 6.35. The van der Waals surface area contributed by atoms with Crippen LogP contribution in [0.3, 0.4) is 0 Å². The summed E-state index contributed by atoms with van der Waals surface area (Å²) in [6.07, 6.45) is 0.688. The fourth-order valence-electron chi connectivity index (χ4n) is 1.73. The van der Waals surface area contributed by atoms with Crippen LogP contribution < -0.4 is 10.6 Å². The van der Waals surface area contributed by atoms with Gasteiger partial charge in [-0.05, 0) is 6.07 Å². The lowest BCUT2D eigenvalue weighted by Crippen LogP contribution is -2.37. The number of carbonyl (C=O) groups excluding carboxylic acids is 1. The molecule has 0 saturated heterocycles. The molecule has 0 bridgehead atoms. The second-order valence-electron chi connectivity index (χ2n) is 4.44. The summed E-state index contributed by atoms with van der Waals surface area (Å²) in [5, 5.41) is 19.6. The van der Waals surface area contributed by atoms with E-state index in [1.165, 1.54) is 0 Å². The molecule has 0 spiro atoms. The highest BCUT2D eigenvalue weighted by molar-refractivity contribution is 6.31. The quantitative estimate of drug-likeness (QED) is 0.768. The van der Waals surface area contributed by atoms with Gasteiger partial charge in [-0.15, -0.1) is 0 Å². The molecule has 7 nitrogen and oxygen atoms in total. The number of nitrogens with zero attached hydrogens (tertiary/aromatic N) is 3. The van der Waals surface area contributed by atoms with E-state index < -0.39 is 12.1 Å². The van der Waals surface area contributed by atoms with Crippen LogP contribution in [0.25, 0.3) is 0 Å². The van der Waals surface area contributed by atoms with E-state index in [0.29, 0.717) is 16.4 Å². The number of hydrogen-bond donors (Lipinski definition) is 3. The first kappa shape index (κ1) is 15.3. The molecule has 1 heterocycles. The first-order valence-corrected chi connectivity index (χ1v) is 6.73. The van der Waals surface area contributed by atoms with E-state index in [9.17, 15) is 9.90 Å². The zero-order chi connectivity index (χ0) is 15.2. The monoisotopic (exact) mass is 309 g/mol. The molecule has 112 valence electrons. The number of aliphatic hydroxyl groups excluding tert-OH is 1. The fourth-order valence-corrected chi connectivity index (χ4v) is 1.99. The Balaban J connectivity index is 1.77. The minimum absolute atomic E-state index is 0.0607. The van der Waals surface area contributed by atoms with Crippen molar-refractivity contribution >= 4 is 17.6 Å². The lowest BCUT2D eigenvalue weighted by atomic mass is 10.1. The molecule has 0 saturated carbocycles. The Morgan fingerprint density at radius 1 is 1.43 bits per heavy atom. The minimum atomic E-state index is -0.863. The predicted molar refractivity (Wildman–Crippen MR) is 77.7 cm³/mol. The summed E-state index contributed by atoms with van der Waals surface area (Å²) in [6, 6.07) is 6.54. The summed E-state index contributed by atoms with van der Waals surface area (Å²) >= 11 is 5.97.